The summed E-state index contributed by atoms with van der Waals surface area (Å²) in [5, 5.41) is 12.7. The fourth-order valence-electron chi connectivity index (χ4n) is 5.61. The summed E-state index contributed by atoms with van der Waals surface area (Å²) in [5.41, 5.74) is 2.77. The molecule has 10 nitrogen and oxygen atoms in total. The van der Waals surface area contributed by atoms with Gasteiger partial charge in [0.25, 0.3) is 5.91 Å². The maximum absolute atomic E-state index is 14.3. The van der Waals surface area contributed by atoms with Crippen LogP contribution in [0.2, 0.25) is 0 Å². The smallest absolute Gasteiger partial charge is 0.407 e. The van der Waals surface area contributed by atoms with Crippen LogP contribution in [0.15, 0.2) is 41.5 Å². The van der Waals surface area contributed by atoms with Crippen molar-refractivity contribution in [3.05, 3.63) is 53.5 Å². The van der Waals surface area contributed by atoms with Crippen molar-refractivity contribution in [3.63, 3.8) is 0 Å². The van der Waals surface area contributed by atoms with Gasteiger partial charge < -0.3 is 29.2 Å². The van der Waals surface area contributed by atoms with Gasteiger partial charge in [-0.25, -0.2) is 9.79 Å². The Morgan fingerprint density at radius 2 is 1.90 bits per heavy atom. The van der Waals surface area contributed by atoms with Crippen molar-refractivity contribution in [2.75, 3.05) is 25.6 Å². The second-order valence-corrected chi connectivity index (χ2v) is 12.4. The molecule has 10 heteroatoms. The van der Waals surface area contributed by atoms with Gasteiger partial charge in [0.1, 0.15) is 23.1 Å². The zero-order chi connectivity index (χ0) is 30.2. The molecule has 2 amide bonds. The van der Waals surface area contributed by atoms with Crippen molar-refractivity contribution < 1.29 is 19.1 Å². The van der Waals surface area contributed by atoms with Crippen molar-refractivity contribution >= 4 is 29.1 Å². The average Bonchev–Trinajstić information content (AvgIpc) is 3.70. The van der Waals surface area contributed by atoms with E-state index in [0.717, 1.165) is 43.6 Å². The molecule has 2 aromatic rings. The van der Waals surface area contributed by atoms with Gasteiger partial charge >= 0.3 is 6.09 Å². The third-order valence-electron chi connectivity index (χ3n) is 8.05. The van der Waals surface area contributed by atoms with Gasteiger partial charge in [0.2, 0.25) is 0 Å². The summed E-state index contributed by atoms with van der Waals surface area (Å²) in [6.45, 7) is 8.63. The molecule has 2 atom stereocenters. The van der Waals surface area contributed by atoms with E-state index >= 15 is 0 Å². The number of carbonyl (C=O) groups is 2. The molecule has 3 aliphatic rings. The molecule has 0 spiro atoms. The Labute approximate surface area is 247 Å². The topological polar surface area (TPSA) is 112 Å². The van der Waals surface area contributed by atoms with Crippen LogP contribution in [0.3, 0.4) is 0 Å². The molecule has 1 saturated heterocycles. The zero-order valence-corrected chi connectivity index (χ0v) is 25.3. The summed E-state index contributed by atoms with van der Waals surface area (Å²) in [7, 11) is 3.53. The van der Waals surface area contributed by atoms with E-state index in [9.17, 15) is 14.9 Å². The van der Waals surface area contributed by atoms with Crippen LogP contribution in [-0.2, 0) is 16.1 Å². The second-order valence-electron chi connectivity index (χ2n) is 12.4. The van der Waals surface area contributed by atoms with Gasteiger partial charge in [-0.1, -0.05) is 0 Å². The molecule has 1 aromatic heterocycles. The van der Waals surface area contributed by atoms with E-state index in [1.54, 1.807) is 13.3 Å². The molecule has 0 unspecified atom stereocenters. The van der Waals surface area contributed by atoms with Crippen LogP contribution in [0.1, 0.15) is 70.3 Å². The standard InChI is InChI=1S/C32H40N6O4/c1-20-7-10-22(35-31(40)42-32(2,3)4)19-37(20)30(39)26-17-34-29(36(5)27-14-12-24(41-6)15-25(26)27)28-13-11-23(16-33)38(28)18-21-8-9-21/h11-15,17,20-22H,7-10,18-19H2,1-6H3,(H,35,40)/t20-,22+/m0/s1. The Morgan fingerprint density at radius 3 is 2.57 bits per heavy atom. The first kappa shape index (κ1) is 29.2. The summed E-state index contributed by atoms with van der Waals surface area (Å²) in [6, 6.07) is 11.5. The number of amides is 2. The number of piperidine rings is 1. The maximum Gasteiger partial charge on any atom is 0.407 e. The van der Waals surface area contributed by atoms with Crippen molar-refractivity contribution in [2.45, 2.75) is 77.6 Å². The van der Waals surface area contributed by atoms with Crippen molar-refractivity contribution in [3.8, 4) is 11.8 Å². The van der Waals surface area contributed by atoms with Gasteiger partial charge in [-0.2, -0.15) is 5.26 Å². The number of anilines is 1. The van der Waals surface area contributed by atoms with Gasteiger partial charge in [0.15, 0.2) is 5.84 Å². The zero-order valence-electron chi connectivity index (χ0n) is 25.3. The number of aromatic nitrogens is 1. The quantitative estimate of drug-likeness (QED) is 0.526. The molecule has 2 aliphatic heterocycles. The van der Waals surface area contributed by atoms with E-state index in [1.165, 1.54) is 0 Å². The van der Waals surface area contributed by atoms with E-state index in [1.807, 2.05) is 79.4 Å². The molecule has 1 aromatic carbocycles. The number of alkyl carbamates (subject to hydrolysis) is 1. The number of ether oxygens (including phenoxy) is 2. The first-order valence-electron chi connectivity index (χ1n) is 14.6. The fraction of sp³-hybridized carbons (Fsp3) is 0.500. The van der Waals surface area contributed by atoms with Gasteiger partial charge in [-0.3, -0.25) is 4.79 Å². The Morgan fingerprint density at radius 1 is 1.14 bits per heavy atom. The number of nitrogens with one attached hydrogen (secondary N) is 1. The summed E-state index contributed by atoms with van der Waals surface area (Å²) in [5.74, 6) is 1.68. The maximum atomic E-state index is 14.3. The largest absolute Gasteiger partial charge is 0.497 e. The number of rotatable bonds is 6. The minimum absolute atomic E-state index is 0.0254. The third-order valence-corrected chi connectivity index (χ3v) is 8.05. The second kappa shape index (κ2) is 11.6. The van der Waals surface area contributed by atoms with Gasteiger partial charge in [-0.15, -0.1) is 0 Å². The number of aliphatic imine (C=N–C) groups is 1. The van der Waals surface area contributed by atoms with Gasteiger partial charge in [-0.05, 0) is 89.6 Å². The highest BCUT2D eigenvalue weighted by Gasteiger charge is 2.35. The molecule has 1 aliphatic carbocycles. The van der Waals surface area contributed by atoms with Crippen molar-refractivity contribution in [1.82, 2.24) is 14.8 Å². The average molecular weight is 573 g/mol. The Balaban J connectivity index is 1.51. The first-order valence-corrected chi connectivity index (χ1v) is 14.6. The Kier molecular flexibility index (Phi) is 8.04. The molecule has 0 radical (unpaired) electrons. The highest BCUT2D eigenvalue weighted by atomic mass is 16.6. The van der Waals surface area contributed by atoms with Crippen molar-refractivity contribution in [2.24, 2.45) is 10.9 Å². The number of amidine groups is 1. The van der Waals surface area contributed by atoms with Crippen molar-refractivity contribution in [1.29, 1.82) is 5.26 Å². The molecule has 1 saturated carbocycles. The van der Waals surface area contributed by atoms with Crippen LogP contribution < -0.4 is 15.0 Å². The molecule has 2 fully saturated rings. The van der Waals surface area contributed by atoms with E-state index in [0.29, 0.717) is 40.9 Å². The molecule has 3 heterocycles. The summed E-state index contributed by atoms with van der Waals surface area (Å²) < 4.78 is 13.0. The molecule has 1 N–H and O–H groups in total. The number of carbonyl (C=O) groups excluding carboxylic acids is 2. The summed E-state index contributed by atoms with van der Waals surface area (Å²) in [6.07, 6.45) is 4.95. The summed E-state index contributed by atoms with van der Waals surface area (Å²) in [4.78, 5) is 35.4. The highest BCUT2D eigenvalue weighted by molar-refractivity contribution is 6.24. The van der Waals surface area contributed by atoms with Gasteiger partial charge in [0, 0.05) is 44.0 Å². The Hall–Kier alpha value is -4.26. The molecular weight excluding hydrogens is 532 g/mol. The van der Waals surface area contributed by atoms with E-state index in [2.05, 4.69) is 11.4 Å². The minimum Gasteiger partial charge on any atom is -0.497 e. The number of hydrogen-bond donors (Lipinski definition) is 1. The fourth-order valence-corrected chi connectivity index (χ4v) is 5.61. The lowest BCUT2D eigenvalue weighted by Gasteiger charge is -2.39. The number of methoxy groups -OCH3 is 1. The lowest BCUT2D eigenvalue weighted by atomic mass is 9.96. The molecule has 222 valence electrons. The van der Waals surface area contributed by atoms with Crippen LogP contribution in [0.5, 0.6) is 5.75 Å². The first-order chi connectivity index (χ1) is 20.0. The number of nitriles is 1. The van der Waals surface area contributed by atoms with Crippen LogP contribution >= 0.6 is 0 Å². The molecule has 0 bridgehead atoms. The lowest BCUT2D eigenvalue weighted by molar-refractivity contribution is -0.128. The minimum atomic E-state index is -0.607. The summed E-state index contributed by atoms with van der Waals surface area (Å²) >= 11 is 0. The monoisotopic (exact) mass is 572 g/mol. The SMILES string of the molecule is COc1ccc2c(c1)C(C(=O)N1C[C@H](NC(=O)OC(C)(C)C)CC[C@@H]1C)=CN=C(c1ccc(C#N)n1CC1CC1)N2C. The van der Waals surface area contributed by atoms with E-state index in [-0.39, 0.29) is 18.0 Å². The number of nitrogens with zero attached hydrogens (tertiary/aromatic N) is 5. The lowest BCUT2D eigenvalue weighted by Crippen LogP contribution is -2.53. The number of likely N-dealkylation sites (tertiary alicyclic amines) is 1. The van der Waals surface area contributed by atoms with Gasteiger partial charge in [0.05, 0.1) is 24.1 Å². The van der Waals surface area contributed by atoms with E-state index < -0.39 is 11.7 Å². The number of hydrogen-bond acceptors (Lipinski definition) is 7. The highest BCUT2D eigenvalue weighted by Crippen LogP contribution is 2.37. The van der Waals surface area contributed by atoms with Crippen LogP contribution in [0, 0.1) is 17.2 Å². The number of benzene rings is 1. The van der Waals surface area contributed by atoms with Crippen LogP contribution in [-0.4, -0.2) is 65.7 Å². The number of fused-ring (bicyclic) bond motifs is 1. The molecule has 5 rings (SSSR count). The Bertz CT molecular complexity index is 1470. The normalized spacial score (nSPS) is 20.5. The molecule has 42 heavy (non-hydrogen) atoms. The predicted octanol–water partition coefficient (Wildman–Crippen LogP) is 4.92. The molecular formula is C32H40N6O4. The van der Waals surface area contributed by atoms with Crippen LogP contribution in [0.4, 0.5) is 10.5 Å². The van der Waals surface area contributed by atoms with Crippen LogP contribution in [0.25, 0.3) is 5.57 Å². The van der Waals surface area contributed by atoms with E-state index in [4.69, 9.17) is 14.5 Å². The predicted molar refractivity (Wildman–Crippen MR) is 161 cm³/mol. The third kappa shape index (κ3) is 6.15.